The van der Waals surface area contributed by atoms with Crippen molar-refractivity contribution in [3.05, 3.63) is 10.4 Å². The third-order valence-corrected chi connectivity index (χ3v) is 3.83. The first-order valence-electron chi connectivity index (χ1n) is 6.20. The van der Waals surface area contributed by atoms with Gasteiger partial charge >= 0.3 is 0 Å². The summed E-state index contributed by atoms with van der Waals surface area (Å²) in [4.78, 5) is 20.5. The zero-order valence-electron chi connectivity index (χ0n) is 10.0. The molecule has 1 saturated carbocycles. The molecule has 7 nitrogen and oxygen atoms in total. The minimum atomic E-state index is -0.225. The number of aromatic nitrogens is 2. The van der Waals surface area contributed by atoms with E-state index < -0.39 is 0 Å². The first-order chi connectivity index (χ1) is 8.69. The topological polar surface area (TPSA) is 107 Å². The molecule has 0 spiro atoms. The third-order valence-electron chi connectivity index (χ3n) is 3.83. The molecular formula is C11H17N5O2. The second-order valence-corrected chi connectivity index (χ2v) is 4.97. The molecular weight excluding hydrogens is 234 g/mol. The summed E-state index contributed by atoms with van der Waals surface area (Å²) in [5, 5.41) is 12.2. The maximum Gasteiger partial charge on any atom is 0.277 e. The minimum Gasteiger partial charge on any atom is -0.396 e. The molecule has 1 aromatic rings. The molecule has 1 aliphatic carbocycles. The molecule has 1 fully saturated rings. The Morgan fingerprint density at radius 2 is 2.33 bits per heavy atom. The molecule has 98 valence electrons. The van der Waals surface area contributed by atoms with Crippen LogP contribution < -0.4 is 21.5 Å². The second-order valence-electron chi connectivity index (χ2n) is 4.97. The van der Waals surface area contributed by atoms with Gasteiger partial charge in [-0.25, -0.2) is 0 Å². The number of anilines is 3. The average molecular weight is 251 g/mol. The van der Waals surface area contributed by atoms with Crippen LogP contribution in [-0.4, -0.2) is 34.4 Å². The molecule has 1 aromatic heterocycles. The minimum absolute atomic E-state index is 0.143. The van der Waals surface area contributed by atoms with Crippen molar-refractivity contribution in [1.82, 2.24) is 9.97 Å². The molecule has 7 heteroatoms. The molecule has 0 unspecified atom stereocenters. The van der Waals surface area contributed by atoms with E-state index in [-0.39, 0.29) is 18.1 Å². The molecule has 0 amide bonds. The summed E-state index contributed by atoms with van der Waals surface area (Å²) in [6, 6.07) is 0.324. The van der Waals surface area contributed by atoms with Gasteiger partial charge in [-0.2, -0.15) is 4.98 Å². The predicted molar refractivity (Wildman–Crippen MR) is 68.5 cm³/mol. The highest BCUT2D eigenvalue weighted by Crippen LogP contribution is 2.35. The molecule has 0 radical (unpaired) electrons. The monoisotopic (exact) mass is 251 g/mol. The molecule has 1 aliphatic heterocycles. The van der Waals surface area contributed by atoms with E-state index in [4.69, 9.17) is 5.73 Å². The molecule has 2 atom stereocenters. The summed E-state index contributed by atoms with van der Waals surface area (Å²) in [7, 11) is 0. The van der Waals surface area contributed by atoms with E-state index >= 15 is 0 Å². The van der Waals surface area contributed by atoms with Crippen LogP contribution in [0, 0.1) is 5.92 Å². The van der Waals surface area contributed by atoms with E-state index in [1.54, 1.807) is 0 Å². The van der Waals surface area contributed by atoms with Crippen molar-refractivity contribution in [2.24, 2.45) is 5.92 Å². The predicted octanol–water partition coefficient (Wildman–Crippen LogP) is -0.298. The Kier molecular flexibility index (Phi) is 2.62. The summed E-state index contributed by atoms with van der Waals surface area (Å²) < 4.78 is 0. The number of hydrogen-bond donors (Lipinski definition) is 4. The van der Waals surface area contributed by atoms with Crippen molar-refractivity contribution in [3.63, 3.8) is 0 Å². The van der Waals surface area contributed by atoms with E-state index in [0.717, 1.165) is 19.3 Å². The van der Waals surface area contributed by atoms with Crippen molar-refractivity contribution in [2.45, 2.75) is 25.3 Å². The van der Waals surface area contributed by atoms with Crippen LogP contribution in [0.4, 0.5) is 17.5 Å². The number of hydrogen-bond acceptors (Lipinski definition) is 6. The SMILES string of the molecule is Nc1nc2c(c(=O)[nH]1)NCN2[C@H]1CC[C@@H](CO)C1. The Hall–Kier alpha value is -1.76. The first-order valence-corrected chi connectivity index (χ1v) is 6.20. The molecule has 18 heavy (non-hydrogen) atoms. The van der Waals surface area contributed by atoms with Crippen molar-refractivity contribution >= 4 is 17.5 Å². The average Bonchev–Trinajstić information content (AvgIpc) is 2.93. The van der Waals surface area contributed by atoms with Gasteiger partial charge in [-0.1, -0.05) is 0 Å². The number of nitrogens with zero attached hydrogens (tertiary/aromatic N) is 2. The van der Waals surface area contributed by atoms with Crippen molar-refractivity contribution in [1.29, 1.82) is 0 Å². The summed E-state index contributed by atoms with van der Waals surface area (Å²) in [6.45, 7) is 0.813. The van der Waals surface area contributed by atoms with Gasteiger partial charge in [0.15, 0.2) is 5.82 Å². The van der Waals surface area contributed by atoms with Crippen LogP contribution in [0.25, 0.3) is 0 Å². The third kappa shape index (κ3) is 1.71. The number of rotatable bonds is 2. The Morgan fingerprint density at radius 1 is 1.50 bits per heavy atom. The van der Waals surface area contributed by atoms with Gasteiger partial charge in [0.2, 0.25) is 5.95 Å². The molecule has 2 heterocycles. The number of fused-ring (bicyclic) bond motifs is 1. The summed E-state index contributed by atoms with van der Waals surface area (Å²) in [6.07, 6.45) is 2.97. The van der Waals surface area contributed by atoms with Gasteiger partial charge in [-0.3, -0.25) is 9.78 Å². The van der Waals surface area contributed by atoms with Crippen LogP contribution in [0.3, 0.4) is 0 Å². The lowest BCUT2D eigenvalue weighted by Crippen LogP contribution is -2.33. The lowest BCUT2D eigenvalue weighted by Gasteiger charge is -2.24. The smallest absolute Gasteiger partial charge is 0.277 e. The molecule has 3 rings (SSSR count). The molecule has 0 bridgehead atoms. The zero-order chi connectivity index (χ0) is 12.7. The van der Waals surface area contributed by atoms with Gasteiger partial charge in [0.05, 0.1) is 6.67 Å². The number of nitrogens with one attached hydrogen (secondary N) is 2. The fourth-order valence-corrected chi connectivity index (χ4v) is 2.88. The van der Waals surface area contributed by atoms with E-state index in [1.165, 1.54) is 0 Å². The normalized spacial score (nSPS) is 26.2. The van der Waals surface area contributed by atoms with Gasteiger partial charge in [-0.15, -0.1) is 0 Å². The van der Waals surface area contributed by atoms with Gasteiger partial charge in [0.25, 0.3) is 5.56 Å². The Morgan fingerprint density at radius 3 is 3.06 bits per heavy atom. The lowest BCUT2D eigenvalue weighted by atomic mass is 10.1. The van der Waals surface area contributed by atoms with Crippen LogP contribution in [-0.2, 0) is 0 Å². The fraction of sp³-hybridized carbons (Fsp3) is 0.636. The molecule has 2 aliphatic rings. The Balaban J connectivity index is 1.89. The Bertz CT molecular complexity index is 515. The van der Waals surface area contributed by atoms with Crippen LogP contribution in [0.5, 0.6) is 0 Å². The molecule has 0 saturated heterocycles. The van der Waals surface area contributed by atoms with Gasteiger partial charge in [0.1, 0.15) is 5.69 Å². The molecule has 5 N–H and O–H groups in total. The zero-order valence-corrected chi connectivity index (χ0v) is 10.0. The van der Waals surface area contributed by atoms with Crippen LogP contribution >= 0.6 is 0 Å². The number of nitrogen functional groups attached to an aromatic ring is 1. The highest BCUT2D eigenvalue weighted by molar-refractivity contribution is 5.71. The highest BCUT2D eigenvalue weighted by Gasteiger charge is 2.34. The van der Waals surface area contributed by atoms with E-state index in [0.29, 0.717) is 30.1 Å². The second kappa shape index (κ2) is 4.16. The fourth-order valence-electron chi connectivity index (χ4n) is 2.88. The van der Waals surface area contributed by atoms with Crippen LogP contribution in [0.2, 0.25) is 0 Å². The van der Waals surface area contributed by atoms with Crippen molar-refractivity contribution < 1.29 is 5.11 Å². The van der Waals surface area contributed by atoms with Crippen LogP contribution in [0.1, 0.15) is 19.3 Å². The Labute approximate surface area is 104 Å². The lowest BCUT2D eigenvalue weighted by molar-refractivity contribution is 0.228. The van der Waals surface area contributed by atoms with E-state index in [9.17, 15) is 9.90 Å². The number of aliphatic hydroxyl groups is 1. The van der Waals surface area contributed by atoms with Gasteiger partial charge < -0.3 is 21.1 Å². The highest BCUT2D eigenvalue weighted by atomic mass is 16.3. The van der Waals surface area contributed by atoms with Gasteiger partial charge in [0, 0.05) is 12.6 Å². The first kappa shape index (κ1) is 11.3. The number of aromatic amines is 1. The number of nitrogens with two attached hydrogens (primary N) is 1. The quantitative estimate of drug-likeness (QED) is 0.575. The summed E-state index contributed by atoms with van der Waals surface area (Å²) in [5.74, 6) is 1.14. The van der Waals surface area contributed by atoms with Crippen molar-refractivity contribution in [3.8, 4) is 0 Å². The summed E-state index contributed by atoms with van der Waals surface area (Å²) in [5.41, 5.74) is 5.86. The van der Waals surface area contributed by atoms with E-state index in [1.807, 2.05) is 0 Å². The largest absolute Gasteiger partial charge is 0.396 e. The maximum absolute atomic E-state index is 11.7. The summed E-state index contributed by atoms with van der Waals surface area (Å²) >= 11 is 0. The maximum atomic E-state index is 11.7. The van der Waals surface area contributed by atoms with Crippen molar-refractivity contribution in [2.75, 3.05) is 29.2 Å². The van der Waals surface area contributed by atoms with Crippen LogP contribution in [0.15, 0.2) is 4.79 Å². The standard InChI is InChI=1S/C11H17N5O2/c12-11-14-9-8(10(18)15-11)13-5-16(9)7-2-1-6(3-7)4-17/h6-7,13,17H,1-5H2,(H3,12,14,15,18)/t6-,7+/m1/s1. The molecule has 0 aromatic carbocycles. The van der Waals surface area contributed by atoms with Gasteiger partial charge in [-0.05, 0) is 25.2 Å². The number of H-pyrrole nitrogens is 1. The number of aliphatic hydroxyl groups excluding tert-OH is 1. The van der Waals surface area contributed by atoms with E-state index in [2.05, 4.69) is 20.2 Å².